The molecule has 6 nitrogen and oxygen atoms in total. The maximum absolute atomic E-state index is 12.4. The molecule has 2 heterocycles. The number of aromatic nitrogens is 1. The van der Waals surface area contributed by atoms with Crippen LogP contribution in [-0.4, -0.2) is 47.7 Å². The molecule has 2 aromatic rings. The third-order valence-electron chi connectivity index (χ3n) is 4.72. The van der Waals surface area contributed by atoms with Gasteiger partial charge in [-0.25, -0.2) is 4.79 Å². The van der Waals surface area contributed by atoms with Gasteiger partial charge in [-0.3, -0.25) is 14.3 Å². The summed E-state index contributed by atoms with van der Waals surface area (Å²) in [5.41, 5.74) is 1.04. The Morgan fingerprint density at radius 1 is 1.31 bits per heavy atom. The zero-order chi connectivity index (χ0) is 18.9. The van der Waals surface area contributed by atoms with Crippen molar-refractivity contribution in [3.63, 3.8) is 0 Å². The number of amides is 1. The van der Waals surface area contributed by atoms with E-state index in [-0.39, 0.29) is 23.0 Å². The van der Waals surface area contributed by atoms with Gasteiger partial charge in [0.25, 0.3) is 5.91 Å². The predicted octanol–water partition coefficient (Wildman–Crippen LogP) is 2.14. The topological polar surface area (TPSA) is 67.5 Å². The molecule has 0 atom stereocenters. The molecule has 1 saturated heterocycles. The molecule has 1 aliphatic rings. The Bertz CT molecular complexity index is 848. The highest BCUT2D eigenvalue weighted by Gasteiger charge is 2.32. The molecule has 0 spiro atoms. The lowest BCUT2D eigenvalue weighted by Crippen LogP contribution is -2.42. The molecule has 3 rings (SSSR count). The average molecular weight is 371 g/mol. The van der Waals surface area contributed by atoms with Gasteiger partial charge >= 0.3 is 11.9 Å². The standard InChI is InChI=1S/C17H20F3N3O3/c1-22-13-4-2-3-12(14(13)26-16(22)25)15(24)21-9-11-5-7-23(8-6-11)10-17(18,19)20/h2-4,11H,5-10H2,1H3,(H,21,24). The summed E-state index contributed by atoms with van der Waals surface area (Å²) < 4.78 is 43.7. The lowest BCUT2D eigenvalue weighted by Gasteiger charge is -2.32. The normalized spacial score (nSPS) is 16.9. The molecule has 0 radical (unpaired) electrons. The molecule has 1 fully saturated rings. The lowest BCUT2D eigenvalue weighted by molar-refractivity contribution is -0.148. The quantitative estimate of drug-likeness (QED) is 0.894. The Morgan fingerprint density at radius 2 is 2.00 bits per heavy atom. The van der Waals surface area contributed by atoms with Crippen LogP contribution in [0, 0.1) is 5.92 Å². The second-order valence-electron chi connectivity index (χ2n) is 6.63. The number of fused-ring (bicyclic) bond motifs is 1. The first-order valence-corrected chi connectivity index (χ1v) is 8.40. The molecule has 1 aliphatic heterocycles. The van der Waals surface area contributed by atoms with E-state index < -0.39 is 18.5 Å². The second-order valence-corrected chi connectivity index (χ2v) is 6.63. The van der Waals surface area contributed by atoms with Crippen LogP contribution in [0.1, 0.15) is 23.2 Å². The number of carbonyl (C=O) groups is 1. The number of rotatable bonds is 4. The van der Waals surface area contributed by atoms with E-state index in [1.165, 1.54) is 9.47 Å². The highest BCUT2D eigenvalue weighted by Crippen LogP contribution is 2.22. The maximum atomic E-state index is 12.4. The molecular formula is C17H20F3N3O3. The fourth-order valence-corrected chi connectivity index (χ4v) is 3.26. The van der Waals surface area contributed by atoms with Crippen molar-refractivity contribution in [1.82, 2.24) is 14.8 Å². The zero-order valence-electron chi connectivity index (χ0n) is 14.3. The summed E-state index contributed by atoms with van der Waals surface area (Å²) in [6.45, 7) is 0.222. The van der Waals surface area contributed by atoms with E-state index in [1.807, 2.05) is 0 Å². The van der Waals surface area contributed by atoms with Gasteiger partial charge in [0, 0.05) is 13.6 Å². The molecule has 0 bridgehead atoms. The van der Waals surface area contributed by atoms with Crippen molar-refractivity contribution in [3.8, 4) is 0 Å². The maximum Gasteiger partial charge on any atom is 0.419 e. The van der Waals surface area contributed by atoms with E-state index in [9.17, 15) is 22.8 Å². The van der Waals surface area contributed by atoms with E-state index in [0.717, 1.165) is 0 Å². The van der Waals surface area contributed by atoms with Gasteiger partial charge in [-0.2, -0.15) is 13.2 Å². The van der Waals surface area contributed by atoms with Crippen molar-refractivity contribution in [2.75, 3.05) is 26.2 Å². The van der Waals surface area contributed by atoms with Gasteiger partial charge in [-0.1, -0.05) is 6.07 Å². The number of carbonyl (C=O) groups excluding carboxylic acids is 1. The number of alkyl halides is 3. The van der Waals surface area contributed by atoms with Gasteiger partial charge in [-0.15, -0.1) is 0 Å². The fraction of sp³-hybridized carbons (Fsp3) is 0.529. The molecule has 1 amide bonds. The van der Waals surface area contributed by atoms with Crippen LogP contribution in [0.2, 0.25) is 0 Å². The smallest absolute Gasteiger partial charge is 0.407 e. The van der Waals surface area contributed by atoms with Crippen molar-refractivity contribution >= 4 is 17.0 Å². The molecule has 26 heavy (non-hydrogen) atoms. The van der Waals surface area contributed by atoms with Crippen LogP contribution in [-0.2, 0) is 7.05 Å². The number of oxazole rings is 1. The number of nitrogens with one attached hydrogen (secondary N) is 1. The monoisotopic (exact) mass is 371 g/mol. The number of halogens is 3. The van der Waals surface area contributed by atoms with Crippen molar-refractivity contribution in [3.05, 3.63) is 34.3 Å². The van der Waals surface area contributed by atoms with Crippen LogP contribution in [0.5, 0.6) is 0 Å². The van der Waals surface area contributed by atoms with E-state index in [4.69, 9.17) is 4.42 Å². The molecular weight excluding hydrogens is 351 g/mol. The Hall–Kier alpha value is -2.29. The first-order chi connectivity index (χ1) is 12.2. The highest BCUT2D eigenvalue weighted by molar-refractivity contribution is 6.04. The minimum absolute atomic E-state index is 0.130. The van der Waals surface area contributed by atoms with Crippen LogP contribution in [0.25, 0.3) is 11.1 Å². The summed E-state index contributed by atoms with van der Waals surface area (Å²) in [6, 6.07) is 4.93. The van der Waals surface area contributed by atoms with E-state index in [2.05, 4.69) is 5.32 Å². The van der Waals surface area contributed by atoms with Gasteiger partial charge in [0.2, 0.25) is 0 Å². The van der Waals surface area contributed by atoms with Crippen molar-refractivity contribution in [2.45, 2.75) is 19.0 Å². The fourth-order valence-electron chi connectivity index (χ4n) is 3.26. The third-order valence-corrected chi connectivity index (χ3v) is 4.72. The van der Waals surface area contributed by atoms with Crippen LogP contribution in [0.4, 0.5) is 13.2 Å². The number of benzene rings is 1. The molecule has 1 aromatic heterocycles. The van der Waals surface area contributed by atoms with E-state index >= 15 is 0 Å². The summed E-state index contributed by atoms with van der Waals surface area (Å²) in [6.07, 6.45) is -2.98. The molecule has 9 heteroatoms. The summed E-state index contributed by atoms with van der Waals surface area (Å²) in [4.78, 5) is 25.4. The average Bonchev–Trinajstić information content (AvgIpc) is 2.87. The summed E-state index contributed by atoms with van der Waals surface area (Å²) in [7, 11) is 1.56. The van der Waals surface area contributed by atoms with Crippen molar-refractivity contribution in [2.24, 2.45) is 13.0 Å². The summed E-state index contributed by atoms with van der Waals surface area (Å²) in [5.74, 6) is -0.773. The number of hydrogen-bond acceptors (Lipinski definition) is 4. The zero-order valence-corrected chi connectivity index (χ0v) is 14.3. The lowest BCUT2D eigenvalue weighted by atomic mass is 9.96. The molecule has 0 unspecified atom stereocenters. The second kappa shape index (κ2) is 7.14. The molecule has 0 saturated carbocycles. The van der Waals surface area contributed by atoms with Gasteiger partial charge in [0.1, 0.15) is 0 Å². The number of para-hydroxylation sites is 1. The Morgan fingerprint density at radius 3 is 2.65 bits per heavy atom. The Labute approximate surface area is 147 Å². The molecule has 1 N–H and O–H groups in total. The third kappa shape index (κ3) is 4.09. The largest absolute Gasteiger partial charge is 0.419 e. The number of likely N-dealkylation sites (tertiary alicyclic amines) is 1. The van der Waals surface area contributed by atoms with Gasteiger partial charge < -0.3 is 9.73 Å². The van der Waals surface area contributed by atoms with Crippen LogP contribution in [0.15, 0.2) is 27.4 Å². The number of hydrogen-bond donors (Lipinski definition) is 1. The number of aryl methyl sites for hydroxylation is 1. The van der Waals surface area contributed by atoms with Crippen molar-refractivity contribution < 1.29 is 22.4 Å². The van der Waals surface area contributed by atoms with Gasteiger partial charge in [0.15, 0.2) is 5.58 Å². The van der Waals surface area contributed by atoms with Gasteiger partial charge in [-0.05, 0) is 44.0 Å². The van der Waals surface area contributed by atoms with Crippen LogP contribution in [0.3, 0.4) is 0 Å². The Kier molecular flexibility index (Phi) is 5.08. The molecule has 0 aliphatic carbocycles. The van der Waals surface area contributed by atoms with Crippen LogP contribution >= 0.6 is 0 Å². The first-order valence-electron chi connectivity index (χ1n) is 8.40. The molecule has 1 aromatic carbocycles. The van der Waals surface area contributed by atoms with Crippen LogP contribution < -0.4 is 11.1 Å². The SMILES string of the molecule is Cn1c(=O)oc2c(C(=O)NCC3CCN(CC(F)(F)F)CC3)cccc21. The van der Waals surface area contributed by atoms with E-state index in [1.54, 1.807) is 25.2 Å². The highest BCUT2D eigenvalue weighted by atomic mass is 19.4. The van der Waals surface area contributed by atoms with E-state index in [0.29, 0.717) is 38.0 Å². The van der Waals surface area contributed by atoms with Gasteiger partial charge in [0.05, 0.1) is 17.6 Å². The molecule has 142 valence electrons. The Balaban J connectivity index is 1.57. The minimum Gasteiger partial charge on any atom is -0.407 e. The number of nitrogens with zero attached hydrogens (tertiary/aromatic N) is 2. The summed E-state index contributed by atoms with van der Waals surface area (Å²) in [5, 5.41) is 2.80. The first kappa shape index (κ1) is 18.5. The van der Waals surface area contributed by atoms with Crippen molar-refractivity contribution in [1.29, 1.82) is 0 Å². The number of piperidine rings is 1. The summed E-state index contributed by atoms with van der Waals surface area (Å²) >= 11 is 0. The predicted molar refractivity (Wildman–Crippen MR) is 89.0 cm³/mol. The minimum atomic E-state index is -4.18.